The van der Waals surface area contributed by atoms with E-state index in [4.69, 9.17) is 0 Å². The summed E-state index contributed by atoms with van der Waals surface area (Å²) in [6.45, 7) is 2.58. The number of aryl methyl sites for hydroxylation is 1. The molecule has 130 valence electrons. The fourth-order valence-electron chi connectivity index (χ4n) is 2.84. The van der Waals surface area contributed by atoms with Crippen molar-refractivity contribution in [2.75, 3.05) is 31.5 Å². The van der Waals surface area contributed by atoms with Crippen molar-refractivity contribution in [1.82, 2.24) is 19.8 Å². The Hall–Kier alpha value is -1.96. The van der Waals surface area contributed by atoms with E-state index in [0.29, 0.717) is 5.69 Å². The number of nitrogens with zero attached hydrogens (tertiary/aromatic N) is 3. The number of carbonyl (C=O) groups is 1. The Morgan fingerprint density at radius 1 is 1.50 bits per heavy atom. The Balaban J connectivity index is 0.00000208. The van der Waals surface area contributed by atoms with E-state index in [9.17, 15) is 9.18 Å². The minimum Gasteiger partial charge on any atom is -0.337 e. The average molecular weight is 354 g/mol. The molecule has 8 heteroatoms. The number of nitrogens with one attached hydrogen (secondary N) is 2. The van der Waals surface area contributed by atoms with Crippen LogP contribution in [0, 0.1) is 5.82 Å². The molecule has 1 saturated heterocycles. The van der Waals surface area contributed by atoms with Gasteiger partial charge in [0.15, 0.2) is 0 Å². The molecule has 1 aliphatic heterocycles. The lowest BCUT2D eigenvalue weighted by Gasteiger charge is -2.35. The highest BCUT2D eigenvalue weighted by Crippen LogP contribution is 2.20. The van der Waals surface area contributed by atoms with E-state index in [0.717, 1.165) is 25.5 Å². The number of rotatable bonds is 4. The monoisotopic (exact) mass is 353 g/mol. The zero-order chi connectivity index (χ0) is 16.2. The van der Waals surface area contributed by atoms with Gasteiger partial charge in [-0.05, 0) is 18.2 Å². The number of piperazine rings is 1. The number of carbonyl (C=O) groups excluding carboxylic acids is 1. The average Bonchev–Trinajstić information content (AvgIpc) is 2.94. The molecule has 1 aromatic heterocycles. The number of aromatic nitrogens is 2. The van der Waals surface area contributed by atoms with Crippen LogP contribution in [0.15, 0.2) is 36.7 Å². The summed E-state index contributed by atoms with van der Waals surface area (Å²) in [5.74, 6) is 0.406. The third-order valence-corrected chi connectivity index (χ3v) is 3.97. The Morgan fingerprint density at radius 3 is 3.04 bits per heavy atom. The topological polar surface area (TPSA) is 62.2 Å². The first-order chi connectivity index (χ1) is 11.1. The predicted molar refractivity (Wildman–Crippen MR) is 92.7 cm³/mol. The van der Waals surface area contributed by atoms with Crippen LogP contribution in [0.4, 0.5) is 10.1 Å². The van der Waals surface area contributed by atoms with Crippen LogP contribution in [0.3, 0.4) is 0 Å². The molecule has 1 atom stereocenters. The largest absolute Gasteiger partial charge is 0.337 e. The molecule has 0 saturated carbocycles. The van der Waals surface area contributed by atoms with Crippen molar-refractivity contribution in [1.29, 1.82) is 0 Å². The van der Waals surface area contributed by atoms with Crippen molar-refractivity contribution < 1.29 is 9.18 Å². The standard InChI is InChI=1S/C16H20FN5O.ClH/c1-21-7-6-19-16(21)14-10-18-5-8-22(14)11-15(23)20-13-4-2-3-12(17)9-13;/h2-4,6-7,9,14,18H,5,8,10-11H2,1H3,(H,20,23);1H. The fraction of sp³-hybridized carbons (Fsp3) is 0.375. The molecule has 1 unspecified atom stereocenters. The Bertz CT molecular complexity index is 693. The SMILES string of the molecule is Cl.Cn1ccnc1C1CNCCN1CC(=O)Nc1cccc(F)c1. The minimum atomic E-state index is -0.365. The molecule has 3 rings (SSSR count). The van der Waals surface area contributed by atoms with Gasteiger partial charge in [0.05, 0.1) is 12.6 Å². The maximum absolute atomic E-state index is 13.2. The highest BCUT2D eigenvalue weighted by molar-refractivity contribution is 5.92. The number of anilines is 1. The van der Waals surface area contributed by atoms with Crippen molar-refractivity contribution >= 4 is 24.0 Å². The molecular weight excluding hydrogens is 333 g/mol. The van der Waals surface area contributed by atoms with Crippen LogP contribution < -0.4 is 10.6 Å². The van der Waals surface area contributed by atoms with E-state index in [-0.39, 0.29) is 36.7 Å². The molecule has 2 aromatic rings. The summed E-state index contributed by atoms with van der Waals surface area (Å²) in [6, 6.07) is 5.96. The molecule has 1 amide bonds. The van der Waals surface area contributed by atoms with E-state index in [1.165, 1.54) is 12.1 Å². The quantitative estimate of drug-likeness (QED) is 0.875. The van der Waals surface area contributed by atoms with Gasteiger partial charge >= 0.3 is 0 Å². The first-order valence-corrected chi connectivity index (χ1v) is 7.61. The molecular formula is C16H21ClFN5O. The number of benzene rings is 1. The van der Waals surface area contributed by atoms with Crippen LogP contribution in [0.1, 0.15) is 11.9 Å². The van der Waals surface area contributed by atoms with Gasteiger partial charge in [0.2, 0.25) is 5.91 Å². The summed E-state index contributed by atoms with van der Waals surface area (Å²) in [4.78, 5) is 18.8. The molecule has 0 bridgehead atoms. The lowest BCUT2D eigenvalue weighted by atomic mass is 10.1. The van der Waals surface area contributed by atoms with E-state index < -0.39 is 0 Å². The molecule has 0 aliphatic carbocycles. The van der Waals surface area contributed by atoms with Gasteiger partial charge in [-0.2, -0.15) is 0 Å². The van der Waals surface area contributed by atoms with Crippen LogP contribution in [-0.2, 0) is 11.8 Å². The Kier molecular flexibility index (Phi) is 6.30. The molecule has 1 aliphatic rings. The number of hydrogen-bond acceptors (Lipinski definition) is 4. The minimum absolute atomic E-state index is 0. The van der Waals surface area contributed by atoms with E-state index in [1.54, 1.807) is 18.3 Å². The third kappa shape index (κ3) is 4.31. The number of imidazole rings is 1. The van der Waals surface area contributed by atoms with E-state index >= 15 is 0 Å². The molecule has 24 heavy (non-hydrogen) atoms. The van der Waals surface area contributed by atoms with Crippen molar-refractivity contribution in [2.24, 2.45) is 7.05 Å². The van der Waals surface area contributed by atoms with Crippen molar-refractivity contribution in [3.05, 3.63) is 48.3 Å². The van der Waals surface area contributed by atoms with Crippen molar-refractivity contribution in [3.63, 3.8) is 0 Å². The van der Waals surface area contributed by atoms with E-state index in [2.05, 4.69) is 20.5 Å². The van der Waals surface area contributed by atoms with Crippen LogP contribution in [-0.4, -0.2) is 46.5 Å². The number of hydrogen-bond donors (Lipinski definition) is 2. The van der Waals surface area contributed by atoms with Crippen LogP contribution in [0.2, 0.25) is 0 Å². The molecule has 0 spiro atoms. The zero-order valence-electron chi connectivity index (χ0n) is 13.4. The third-order valence-electron chi connectivity index (χ3n) is 3.97. The summed E-state index contributed by atoms with van der Waals surface area (Å²) in [5, 5.41) is 6.08. The lowest BCUT2D eigenvalue weighted by Crippen LogP contribution is -2.49. The zero-order valence-corrected chi connectivity index (χ0v) is 14.2. The summed E-state index contributed by atoms with van der Waals surface area (Å²) < 4.78 is 15.2. The van der Waals surface area contributed by atoms with Crippen molar-refractivity contribution in [2.45, 2.75) is 6.04 Å². The van der Waals surface area contributed by atoms with Gasteiger partial charge in [0.1, 0.15) is 11.6 Å². The summed E-state index contributed by atoms with van der Waals surface area (Å²) >= 11 is 0. The highest BCUT2D eigenvalue weighted by Gasteiger charge is 2.28. The predicted octanol–water partition coefficient (Wildman–Crippen LogP) is 1.57. The highest BCUT2D eigenvalue weighted by atomic mass is 35.5. The Morgan fingerprint density at radius 2 is 2.33 bits per heavy atom. The molecule has 1 aromatic carbocycles. The fourth-order valence-corrected chi connectivity index (χ4v) is 2.84. The molecule has 1 fully saturated rings. The smallest absolute Gasteiger partial charge is 0.238 e. The summed E-state index contributed by atoms with van der Waals surface area (Å²) in [6.07, 6.45) is 3.66. The molecule has 6 nitrogen and oxygen atoms in total. The second-order valence-electron chi connectivity index (χ2n) is 5.65. The number of amides is 1. The van der Waals surface area contributed by atoms with Gasteiger partial charge in [0, 0.05) is 44.8 Å². The second-order valence-corrected chi connectivity index (χ2v) is 5.65. The normalized spacial score (nSPS) is 18.0. The molecule has 2 N–H and O–H groups in total. The molecule has 0 radical (unpaired) electrons. The van der Waals surface area contributed by atoms with Gasteiger partial charge in [-0.25, -0.2) is 9.37 Å². The van der Waals surface area contributed by atoms with Crippen LogP contribution >= 0.6 is 12.4 Å². The Labute approximate surface area is 146 Å². The molecule has 2 heterocycles. The van der Waals surface area contributed by atoms with Gasteiger partial charge in [-0.15, -0.1) is 12.4 Å². The first kappa shape index (κ1) is 18.4. The van der Waals surface area contributed by atoms with Crippen LogP contribution in [0.5, 0.6) is 0 Å². The second kappa shape index (κ2) is 8.23. The summed E-state index contributed by atoms with van der Waals surface area (Å²) in [5.41, 5.74) is 0.471. The van der Waals surface area contributed by atoms with Gasteiger partial charge in [0.25, 0.3) is 0 Å². The summed E-state index contributed by atoms with van der Waals surface area (Å²) in [7, 11) is 1.95. The van der Waals surface area contributed by atoms with Crippen molar-refractivity contribution in [3.8, 4) is 0 Å². The number of halogens is 2. The maximum Gasteiger partial charge on any atom is 0.238 e. The van der Waals surface area contributed by atoms with E-state index in [1.807, 2.05) is 17.8 Å². The van der Waals surface area contributed by atoms with Gasteiger partial charge in [-0.3, -0.25) is 9.69 Å². The van der Waals surface area contributed by atoms with Gasteiger partial charge < -0.3 is 15.2 Å². The van der Waals surface area contributed by atoms with Gasteiger partial charge in [-0.1, -0.05) is 6.07 Å². The maximum atomic E-state index is 13.2. The first-order valence-electron chi connectivity index (χ1n) is 7.61. The lowest BCUT2D eigenvalue weighted by molar-refractivity contribution is -0.118. The van der Waals surface area contributed by atoms with Crippen LogP contribution in [0.25, 0.3) is 0 Å².